The van der Waals surface area contributed by atoms with Crippen molar-refractivity contribution in [3.05, 3.63) is 71.1 Å². The number of amides is 3. The molecular weight excluding hydrogens is 540 g/mol. The molecule has 2 aliphatic heterocycles. The molecule has 1 N–H and O–H groups in total. The Morgan fingerprint density at radius 3 is 2.71 bits per heavy atom. The topological polar surface area (TPSA) is 123 Å². The van der Waals surface area contributed by atoms with Gasteiger partial charge >= 0.3 is 0 Å². The van der Waals surface area contributed by atoms with E-state index in [9.17, 15) is 14.4 Å². The summed E-state index contributed by atoms with van der Waals surface area (Å²) in [5.74, 6) is 0.683. The fourth-order valence-corrected chi connectivity index (χ4v) is 5.14. The maximum Gasteiger partial charge on any atom is 0.292 e. The quantitative estimate of drug-likeness (QED) is 0.495. The molecule has 3 heterocycles. The highest BCUT2D eigenvalue weighted by molar-refractivity contribution is 5.97. The van der Waals surface area contributed by atoms with Gasteiger partial charge in [0.1, 0.15) is 17.2 Å². The third-order valence-electron chi connectivity index (χ3n) is 7.12. The Labute approximate surface area is 244 Å². The number of carbonyl (C=O) groups excluding carboxylic acids is 3. The highest BCUT2D eigenvalue weighted by atomic mass is 16.5. The van der Waals surface area contributed by atoms with Gasteiger partial charge in [-0.15, -0.1) is 0 Å². The van der Waals surface area contributed by atoms with E-state index in [0.717, 1.165) is 5.56 Å². The van der Waals surface area contributed by atoms with Crippen molar-refractivity contribution < 1.29 is 33.1 Å². The van der Waals surface area contributed by atoms with Gasteiger partial charge in [0.25, 0.3) is 11.8 Å². The van der Waals surface area contributed by atoms with Crippen molar-refractivity contribution >= 4 is 17.7 Å². The molecule has 0 spiro atoms. The average Bonchev–Trinajstić information content (AvgIpc) is 3.40. The molecule has 0 aliphatic carbocycles. The second-order valence-corrected chi connectivity index (χ2v) is 10.8. The van der Waals surface area contributed by atoms with E-state index in [1.165, 1.54) is 4.90 Å². The summed E-state index contributed by atoms with van der Waals surface area (Å²) in [6, 6.07) is 13.7. The summed E-state index contributed by atoms with van der Waals surface area (Å²) in [6.07, 6.45) is 0.0262. The Bertz CT molecular complexity index is 1450. The lowest BCUT2D eigenvalue weighted by Crippen LogP contribution is -2.58. The predicted octanol–water partition coefficient (Wildman–Crippen LogP) is 3.95. The monoisotopic (exact) mass is 576 g/mol. The number of nitrogens with one attached hydrogen (secondary N) is 1. The second kappa shape index (κ2) is 12.6. The minimum Gasteiger partial charge on any atom is -0.491 e. The van der Waals surface area contributed by atoms with Crippen molar-refractivity contribution in [2.75, 3.05) is 26.2 Å². The van der Waals surface area contributed by atoms with Gasteiger partial charge in [0.05, 0.1) is 37.1 Å². The van der Waals surface area contributed by atoms with Crippen LogP contribution in [-0.2, 0) is 16.1 Å². The third-order valence-corrected chi connectivity index (χ3v) is 7.12. The first-order chi connectivity index (χ1) is 20.2. The lowest BCUT2D eigenvalue weighted by molar-refractivity contribution is -0.124. The van der Waals surface area contributed by atoms with E-state index in [-0.39, 0.29) is 55.4 Å². The van der Waals surface area contributed by atoms with Crippen LogP contribution >= 0.6 is 0 Å². The maximum atomic E-state index is 13.6. The molecule has 2 atom stereocenters. The number of carbonyl (C=O) groups is 3. The number of rotatable bonds is 4. The zero-order valence-electron chi connectivity index (χ0n) is 24.3. The molecule has 42 heavy (non-hydrogen) atoms. The second-order valence-electron chi connectivity index (χ2n) is 10.8. The summed E-state index contributed by atoms with van der Waals surface area (Å²) in [6.45, 7) is 8.43. The van der Waals surface area contributed by atoms with Crippen LogP contribution in [0.15, 0.2) is 53.1 Å². The number of fused-ring (bicyclic) bond motifs is 5. The van der Waals surface area contributed by atoms with Gasteiger partial charge in [-0.2, -0.15) is 0 Å². The minimum atomic E-state index is -0.505. The molecule has 1 aromatic heterocycles. The van der Waals surface area contributed by atoms with Crippen LogP contribution < -0.4 is 14.8 Å². The molecule has 4 bridgehead atoms. The van der Waals surface area contributed by atoms with Gasteiger partial charge in [0, 0.05) is 37.3 Å². The van der Waals surface area contributed by atoms with Crippen molar-refractivity contribution in [1.82, 2.24) is 20.3 Å². The standard InChI is InChI=1S/C31H36N4O7/c1-5-34-17-29(36)32-26-16-35(31(38)28-11-20(4)33-42-28)10-9-27(26)39-18-21-7-6-8-23(12-21)41-25-14-22(30(34)37)13-24(15-25)40-19(2)3/h6-8,11-15,19,26-27H,5,9-10,16-18H2,1-4H3,(H,32,36)/t26-,27-/m0/s1. The summed E-state index contributed by atoms with van der Waals surface area (Å²) >= 11 is 0. The van der Waals surface area contributed by atoms with E-state index >= 15 is 0 Å². The summed E-state index contributed by atoms with van der Waals surface area (Å²) in [4.78, 5) is 43.1. The molecule has 222 valence electrons. The van der Waals surface area contributed by atoms with Gasteiger partial charge in [-0.25, -0.2) is 0 Å². The summed E-state index contributed by atoms with van der Waals surface area (Å²) in [5.41, 5.74) is 1.83. The van der Waals surface area contributed by atoms with Gasteiger partial charge in [-0.3, -0.25) is 14.4 Å². The smallest absolute Gasteiger partial charge is 0.292 e. The van der Waals surface area contributed by atoms with Crippen molar-refractivity contribution in [3.8, 4) is 17.2 Å². The number of hydrogen-bond acceptors (Lipinski definition) is 8. The maximum absolute atomic E-state index is 13.6. The van der Waals surface area contributed by atoms with Crippen molar-refractivity contribution in [3.63, 3.8) is 0 Å². The lowest BCUT2D eigenvalue weighted by atomic mass is 10.0. The van der Waals surface area contributed by atoms with Gasteiger partial charge < -0.3 is 33.9 Å². The number of likely N-dealkylation sites (tertiary alicyclic amines) is 1. The number of piperidine rings is 1. The van der Waals surface area contributed by atoms with Crippen LogP contribution in [0.5, 0.6) is 17.2 Å². The average molecular weight is 577 g/mol. The van der Waals surface area contributed by atoms with Gasteiger partial charge in [0.2, 0.25) is 11.7 Å². The Hall–Kier alpha value is -4.38. The molecule has 2 aromatic carbocycles. The van der Waals surface area contributed by atoms with Crippen LogP contribution in [0.3, 0.4) is 0 Å². The van der Waals surface area contributed by atoms with Gasteiger partial charge in [0.15, 0.2) is 0 Å². The van der Waals surface area contributed by atoms with E-state index in [1.54, 1.807) is 36.1 Å². The number of aromatic nitrogens is 1. The first kappa shape index (κ1) is 29.1. The fourth-order valence-electron chi connectivity index (χ4n) is 5.14. The summed E-state index contributed by atoms with van der Waals surface area (Å²) < 4.78 is 23.6. The van der Waals surface area contributed by atoms with Gasteiger partial charge in [-0.1, -0.05) is 17.3 Å². The molecule has 1 saturated heterocycles. The van der Waals surface area contributed by atoms with Crippen molar-refractivity contribution in [1.29, 1.82) is 0 Å². The van der Waals surface area contributed by atoms with Crippen LogP contribution in [0.2, 0.25) is 0 Å². The molecule has 0 unspecified atom stereocenters. The van der Waals surface area contributed by atoms with E-state index in [2.05, 4.69) is 10.5 Å². The number of likely N-dealkylation sites (N-methyl/N-ethyl adjacent to an activating group) is 1. The molecule has 1 fully saturated rings. The molecule has 3 amide bonds. The highest BCUT2D eigenvalue weighted by Gasteiger charge is 2.35. The van der Waals surface area contributed by atoms with Crippen LogP contribution in [0.1, 0.15) is 59.4 Å². The molecule has 0 saturated carbocycles. The van der Waals surface area contributed by atoms with Crippen LogP contribution in [-0.4, -0.2) is 77.1 Å². The molecule has 5 rings (SSSR count). The van der Waals surface area contributed by atoms with E-state index in [1.807, 2.05) is 45.0 Å². The van der Waals surface area contributed by atoms with Crippen LogP contribution in [0, 0.1) is 6.92 Å². The normalized spacial score (nSPS) is 19.6. The number of nitrogens with zero attached hydrogens (tertiary/aromatic N) is 3. The first-order valence-electron chi connectivity index (χ1n) is 14.2. The number of hydrogen-bond donors (Lipinski definition) is 1. The molecule has 3 aromatic rings. The predicted molar refractivity (Wildman–Crippen MR) is 153 cm³/mol. The van der Waals surface area contributed by atoms with Crippen LogP contribution in [0.25, 0.3) is 0 Å². The molecule has 11 nitrogen and oxygen atoms in total. The number of benzene rings is 2. The Morgan fingerprint density at radius 1 is 1.14 bits per heavy atom. The molecule has 2 aliphatic rings. The SMILES string of the molecule is CCN1CC(=O)N[C@H]2CN(C(=O)c3cc(C)no3)CC[C@@H]2OCc2cccc(c2)Oc2cc(OC(C)C)cc(c2)C1=O. The molecular formula is C31H36N4O7. The Balaban J connectivity index is 1.45. The number of aryl methyl sites for hydroxylation is 1. The minimum absolute atomic E-state index is 0.113. The Morgan fingerprint density at radius 2 is 1.98 bits per heavy atom. The molecule has 0 radical (unpaired) electrons. The van der Waals surface area contributed by atoms with Gasteiger partial charge in [-0.05, 0) is 63.9 Å². The Kier molecular flexibility index (Phi) is 8.77. The largest absolute Gasteiger partial charge is 0.491 e. The molecule has 11 heteroatoms. The van der Waals surface area contributed by atoms with E-state index < -0.39 is 6.04 Å². The first-order valence-corrected chi connectivity index (χ1v) is 14.2. The zero-order valence-corrected chi connectivity index (χ0v) is 24.3. The summed E-state index contributed by atoms with van der Waals surface area (Å²) in [7, 11) is 0. The van der Waals surface area contributed by atoms with E-state index in [0.29, 0.717) is 48.0 Å². The lowest BCUT2D eigenvalue weighted by Gasteiger charge is -2.38. The van der Waals surface area contributed by atoms with Crippen molar-refractivity contribution in [2.24, 2.45) is 0 Å². The van der Waals surface area contributed by atoms with Crippen LogP contribution in [0.4, 0.5) is 0 Å². The zero-order chi connectivity index (χ0) is 29.8. The number of ether oxygens (including phenoxy) is 3. The third kappa shape index (κ3) is 6.91. The van der Waals surface area contributed by atoms with E-state index in [4.69, 9.17) is 18.7 Å². The highest BCUT2D eigenvalue weighted by Crippen LogP contribution is 2.30. The van der Waals surface area contributed by atoms with Crippen molar-refractivity contribution in [2.45, 2.75) is 59.0 Å². The summed E-state index contributed by atoms with van der Waals surface area (Å²) in [5, 5.41) is 6.85. The fraction of sp³-hybridized carbons (Fsp3) is 0.419.